The molecule has 0 aliphatic heterocycles. The Bertz CT molecular complexity index is 837. The summed E-state index contributed by atoms with van der Waals surface area (Å²) in [6.45, 7) is 0. The highest BCUT2D eigenvalue weighted by Gasteiger charge is 2.16. The van der Waals surface area contributed by atoms with Crippen molar-refractivity contribution in [1.82, 2.24) is 0 Å². The topological polar surface area (TPSA) is 98.5 Å². The zero-order valence-electron chi connectivity index (χ0n) is 12.2. The zero-order valence-corrected chi connectivity index (χ0v) is 13.1. The number of ether oxygens (including phenoxy) is 1. The lowest BCUT2D eigenvalue weighted by atomic mass is 10.1. The third kappa shape index (κ3) is 4.27. The molecule has 8 heteroatoms. The first-order valence-electron chi connectivity index (χ1n) is 6.55. The number of rotatable bonds is 5. The van der Waals surface area contributed by atoms with Gasteiger partial charge in [0.05, 0.1) is 13.5 Å². The van der Waals surface area contributed by atoms with Crippen LogP contribution in [0.2, 0.25) is 0 Å². The highest BCUT2D eigenvalue weighted by Crippen LogP contribution is 2.26. The number of anilines is 1. The molecule has 1 amide bonds. The molecular weight excluding hydrogens is 323 g/mol. The Morgan fingerprint density at radius 1 is 1.26 bits per heavy atom. The Morgan fingerprint density at radius 3 is 2.57 bits per heavy atom. The van der Waals surface area contributed by atoms with Crippen LogP contribution in [0.15, 0.2) is 47.4 Å². The SMILES string of the molecule is COc1ccc(NC(=O)Cc2ccccc2F)cc1S(N)(=O)=O. The molecule has 0 bridgehead atoms. The fraction of sp³-hybridized carbons (Fsp3) is 0.133. The summed E-state index contributed by atoms with van der Waals surface area (Å²) < 4.78 is 41.5. The third-order valence-electron chi connectivity index (χ3n) is 3.06. The van der Waals surface area contributed by atoms with Gasteiger partial charge < -0.3 is 10.1 Å². The molecule has 0 radical (unpaired) electrons. The lowest BCUT2D eigenvalue weighted by molar-refractivity contribution is -0.115. The number of halogens is 1. The maximum atomic E-state index is 13.5. The number of carbonyl (C=O) groups excluding carboxylic acids is 1. The largest absolute Gasteiger partial charge is 0.495 e. The average Bonchev–Trinajstić information content (AvgIpc) is 2.48. The van der Waals surface area contributed by atoms with E-state index in [0.717, 1.165) is 0 Å². The Hall–Kier alpha value is -2.45. The van der Waals surface area contributed by atoms with E-state index in [9.17, 15) is 17.6 Å². The molecular formula is C15H15FN2O4S. The summed E-state index contributed by atoms with van der Waals surface area (Å²) in [4.78, 5) is 11.7. The van der Waals surface area contributed by atoms with Crippen LogP contribution < -0.4 is 15.2 Å². The molecule has 3 N–H and O–H groups in total. The molecule has 122 valence electrons. The van der Waals surface area contributed by atoms with Crippen molar-refractivity contribution in [2.75, 3.05) is 12.4 Å². The van der Waals surface area contributed by atoms with Crippen molar-refractivity contribution < 1.29 is 22.3 Å². The minimum Gasteiger partial charge on any atom is -0.495 e. The maximum absolute atomic E-state index is 13.5. The van der Waals surface area contributed by atoms with Crippen LogP contribution in [0.4, 0.5) is 10.1 Å². The first kappa shape index (κ1) is 16.9. The van der Waals surface area contributed by atoms with Crippen LogP contribution in [0.25, 0.3) is 0 Å². The molecule has 0 atom stereocenters. The molecule has 0 unspecified atom stereocenters. The maximum Gasteiger partial charge on any atom is 0.241 e. The second kappa shape index (κ2) is 6.76. The predicted molar refractivity (Wildman–Crippen MR) is 83.1 cm³/mol. The van der Waals surface area contributed by atoms with Crippen LogP contribution in [0, 0.1) is 5.82 Å². The number of sulfonamides is 1. The van der Waals surface area contributed by atoms with Gasteiger partial charge in [0.1, 0.15) is 16.5 Å². The molecule has 0 heterocycles. The first-order valence-corrected chi connectivity index (χ1v) is 8.10. The Kier molecular flexibility index (Phi) is 4.97. The highest BCUT2D eigenvalue weighted by atomic mass is 32.2. The monoisotopic (exact) mass is 338 g/mol. The van der Waals surface area contributed by atoms with E-state index < -0.39 is 21.7 Å². The van der Waals surface area contributed by atoms with Gasteiger partial charge in [0.25, 0.3) is 0 Å². The van der Waals surface area contributed by atoms with Crippen molar-refractivity contribution in [3.63, 3.8) is 0 Å². The second-order valence-electron chi connectivity index (χ2n) is 4.73. The van der Waals surface area contributed by atoms with Gasteiger partial charge >= 0.3 is 0 Å². The average molecular weight is 338 g/mol. The second-order valence-corrected chi connectivity index (χ2v) is 6.26. The number of nitrogens with one attached hydrogen (secondary N) is 1. The van der Waals surface area contributed by atoms with Gasteiger partial charge in [0.15, 0.2) is 0 Å². The van der Waals surface area contributed by atoms with Crippen molar-refractivity contribution in [3.8, 4) is 5.75 Å². The van der Waals surface area contributed by atoms with Crippen LogP contribution in [0.3, 0.4) is 0 Å². The third-order valence-corrected chi connectivity index (χ3v) is 3.99. The molecule has 0 aliphatic carbocycles. The van der Waals surface area contributed by atoms with Crippen molar-refractivity contribution in [1.29, 1.82) is 0 Å². The Labute approximate surface area is 133 Å². The van der Waals surface area contributed by atoms with Crippen molar-refractivity contribution in [3.05, 3.63) is 53.8 Å². The van der Waals surface area contributed by atoms with E-state index in [0.29, 0.717) is 0 Å². The van der Waals surface area contributed by atoms with Gasteiger partial charge in [0, 0.05) is 5.69 Å². The molecule has 0 aliphatic rings. The summed E-state index contributed by atoms with van der Waals surface area (Å²) in [6.07, 6.45) is -0.177. The number of primary sulfonamides is 1. The van der Waals surface area contributed by atoms with Gasteiger partial charge in [-0.05, 0) is 29.8 Å². The first-order chi connectivity index (χ1) is 10.8. The normalized spacial score (nSPS) is 11.1. The highest BCUT2D eigenvalue weighted by molar-refractivity contribution is 7.89. The van der Waals surface area contributed by atoms with Crippen LogP contribution in [0.1, 0.15) is 5.56 Å². The van der Waals surface area contributed by atoms with E-state index in [1.807, 2.05) is 0 Å². The van der Waals surface area contributed by atoms with E-state index in [4.69, 9.17) is 9.88 Å². The lowest BCUT2D eigenvalue weighted by Crippen LogP contribution is -2.17. The lowest BCUT2D eigenvalue weighted by Gasteiger charge is -2.10. The fourth-order valence-electron chi connectivity index (χ4n) is 2.00. The molecule has 23 heavy (non-hydrogen) atoms. The minimum absolute atomic E-state index is 0.0691. The van der Waals surface area contributed by atoms with Crippen LogP contribution in [0.5, 0.6) is 5.75 Å². The number of nitrogens with two attached hydrogens (primary N) is 1. The molecule has 0 spiro atoms. The van der Waals surface area contributed by atoms with Crippen molar-refractivity contribution in [2.45, 2.75) is 11.3 Å². The standard InChI is InChI=1S/C15H15FN2O4S/c1-22-13-7-6-11(9-14(13)23(17,20)21)18-15(19)8-10-4-2-3-5-12(10)16/h2-7,9H,8H2,1H3,(H,18,19)(H2,17,20,21). The van der Waals surface area contributed by atoms with Crippen LogP contribution in [-0.2, 0) is 21.2 Å². The molecule has 2 rings (SSSR count). The van der Waals surface area contributed by atoms with Gasteiger partial charge in [0.2, 0.25) is 15.9 Å². The number of amides is 1. The summed E-state index contributed by atoms with van der Waals surface area (Å²) in [7, 11) is -2.70. The molecule has 0 aromatic heterocycles. The minimum atomic E-state index is -4.01. The molecule has 0 saturated carbocycles. The zero-order chi connectivity index (χ0) is 17.0. The molecule has 6 nitrogen and oxygen atoms in total. The molecule has 0 saturated heterocycles. The van der Waals surface area contributed by atoms with Crippen molar-refractivity contribution >= 4 is 21.6 Å². The number of benzene rings is 2. The predicted octanol–water partition coefficient (Wildman–Crippen LogP) is 1.66. The van der Waals surface area contributed by atoms with Gasteiger partial charge in [-0.1, -0.05) is 18.2 Å². The number of carbonyl (C=O) groups is 1. The van der Waals surface area contributed by atoms with Crippen molar-refractivity contribution in [2.24, 2.45) is 5.14 Å². The van der Waals surface area contributed by atoms with Gasteiger partial charge in [-0.3, -0.25) is 4.79 Å². The van der Waals surface area contributed by atoms with E-state index in [1.165, 1.54) is 43.5 Å². The Balaban J connectivity index is 2.20. The molecule has 2 aromatic carbocycles. The summed E-state index contributed by atoms with van der Waals surface area (Å²) in [6, 6.07) is 9.93. The number of hydrogen-bond donors (Lipinski definition) is 2. The smallest absolute Gasteiger partial charge is 0.241 e. The fourth-order valence-corrected chi connectivity index (χ4v) is 2.72. The molecule has 2 aromatic rings. The van der Waals surface area contributed by atoms with E-state index >= 15 is 0 Å². The van der Waals surface area contributed by atoms with E-state index in [2.05, 4.69) is 5.32 Å². The van der Waals surface area contributed by atoms with Gasteiger partial charge in [-0.15, -0.1) is 0 Å². The van der Waals surface area contributed by atoms with Crippen LogP contribution >= 0.6 is 0 Å². The summed E-state index contributed by atoms with van der Waals surface area (Å²) >= 11 is 0. The van der Waals surface area contributed by atoms with Crippen LogP contribution in [-0.4, -0.2) is 21.4 Å². The quantitative estimate of drug-likeness (QED) is 0.866. The number of methoxy groups -OCH3 is 1. The summed E-state index contributed by atoms with van der Waals surface area (Å²) in [5.41, 5.74) is 0.460. The van der Waals surface area contributed by atoms with E-state index in [-0.39, 0.29) is 28.3 Å². The van der Waals surface area contributed by atoms with E-state index in [1.54, 1.807) is 6.07 Å². The van der Waals surface area contributed by atoms with Gasteiger partial charge in [-0.2, -0.15) is 0 Å². The van der Waals surface area contributed by atoms with Gasteiger partial charge in [-0.25, -0.2) is 17.9 Å². The summed E-state index contributed by atoms with van der Waals surface area (Å²) in [5, 5.41) is 7.61. The summed E-state index contributed by atoms with van der Waals surface area (Å²) in [5.74, 6) is -0.900. The Morgan fingerprint density at radius 2 is 1.96 bits per heavy atom. The number of hydrogen-bond acceptors (Lipinski definition) is 4. The molecule has 0 fully saturated rings.